The summed E-state index contributed by atoms with van der Waals surface area (Å²) in [7, 11) is 2.03. The summed E-state index contributed by atoms with van der Waals surface area (Å²) in [5.74, 6) is 0.898. The molecule has 0 spiro atoms. The van der Waals surface area contributed by atoms with Crippen molar-refractivity contribution in [1.29, 1.82) is 0 Å². The number of fused-ring (bicyclic) bond motifs is 2. The van der Waals surface area contributed by atoms with E-state index in [0.717, 1.165) is 28.6 Å². The molecule has 0 saturated carbocycles. The van der Waals surface area contributed by atoms with Gasteiger partial charge < -0.3 is 10.2 Å². The molecule has 4 nitrogen and oxygen atoms in total. The van der Waals surface area contributed by atoms with Crippen LogP contribution in [0.1, 0.15) is 11.1 Å². The van der Waals surface area contributed by atoms with Crippen LogP contribution < -0.4 is 10.2 Å². The highest BCUT2D eigenvalue weighted by molar-refractivity contribution is 6.53. The van der Waals surface area contributed by atoms with E-state index in [1.165, 1.54) is 11.1 Å². The molecule has 2 aliphatic rings. The summed E-state index contributed by atoms with van der Waals surface area (Å²) in [6.07, 6.45) is 0. The Hall–Kier alpha value is -2.10. The van der Waals surface area contributed by atoms with Crippen LogP contribution in [0.25, 0.3) is 0 Å². The van der Waals surface area contributed by atoms with E-state index in [9.17, 15) is 0 Å². The molecule has 2 aliphatic heterocycles. The van der Waals surface area contributed by atoms with Gasteiger partial charge in [0.25, 0.3) is 0 Å². The van der Waals surface area contributed by atoms with E-state index in [0.29, 0.717) is 6.67 Å². The van der Waals surface area contributed by atoms with Gasteiger partial charge in [-0.1, -0.05) is 6.58 Å². The Labute approximate surface area is 107 Å². The second-order valence-corrected chi connectivity index (χ2v) is 4.74. The summed E-state index contributed by atoms with van der Waals surface area (Å²) in [4.78, 5) is 11.3. The number of aryl methyl sites for hydroxylation is 2. The first-order valence-corrected chi connectivity index (χ1v) is 5.99. The minimum absolute atomic E-state index is 0.567. The summed E-state index contributed by atoms with van der Waals surface area (Å²) in [5.41, 5.74) is 6.30. The molecular formula is C14H16N4. The van der Waals surface area contributed by atoms with Crippen molar-refractivity contribution in [2.45, 2.75) is 13.8 Å². The fraction of sp³-hybridized carbons (Fsp3) is 0.286. The predicted octanol–water partition coefficient (Wildman–Crippen LogP) is 2.30. The highest BCUT2D eigenvalue weighted by atomic mass is 15.3. The van der Waals surface area contributed by atoms with Gasteiger partial charge in [-0.15, -0.1) is 0 Å². The Morgan fingerprint density at radius 2 is 2.00 bits per heavy atom. The fourth-order valence-corrected chi connectivity index (χ4v) is 2.26. The lowest BCUT2D eigenvalue weighted by Gasteiger charge is -2.32. The smallest absolute Gasteiger partial charge is 0.158 e. The molecule has 0 radical (unpaired) electrons. The van der Waals surface area contributed by atoms with Crippen LogP contribution in [0.15, 0.2) is 34.4 Å². The summed E-state index contributed by atoms with van der Waals surface area (Å²) >= 11 is 0. The molecule has 0 saturated heterocycles. The molecule has 1 N–H and O–H groups in total. The summed E-state index contributed by atoms with van der Waals surface area (Å²) in [5, 5.41) is 3.12. The third kappa shape index (κ3) is 1.45. The van der Waals surface area contributed by atoms with Crippen molar-refractivity contribution in [3.63, 3.8) is 0 Å². The van der Waals surface area contributed by atoms with Gasteiger partial charge in [-0.3, -0.25) is 0 Å². The number of hydrogen-bond donors (Lipinski definition) is 1. The zero-order valence-corrected chi connectivity index (χ0v) is 10.9. The van der Waals surface area contributed by atoms with Crippen LogP contribution in [-0.2, 0) is 0 Å². The molecule has 0 aliphatic carbocycles. The molecule has 0 aromatic heterocycles. The zero-order valence-electron chi connectivity index (χ0n) is 10.9. The third-order valence-corrected chi connectivity index (χ3v) is 3.52. The van der Waals surface area contributed by atoms with Crippen LogP contribution in [-0.4, -0.2) is 25.3 Å². The van der Waals surface area contributed by atoms with Crippen molar-refractivity contribution in [1.82, 2.24) is 5.32 Å². The molecule has 2 heterocycles. The Balaban J connectivity index is 2.24. The lowest BCUT2D eigenvalue weighted by Crippen LogP contribution is -2.43. The Morgan fingerprint density at radius 1 is 1.28 bits per heavy atom. The van der Waals surface area contributed by atoms with Crippen LogP contribution in [0, 0.1) is 13.8 Å². The van der Waals surface area contributed by atoms with Gasteiger partial charge in [0, 0.05) is 7.05 Å². The van der Waals surface area contributed by atoms with E-state index in [4.69, 9.17) is 0 Å². The molecular weight excluding hydrogens is 224 g/mol. The molecule has 18 heavy (non-hydrogen) atoms. The minimum Gasteiger partial charge on any atom is -0.365 e. The number of benzene rings is 1. The highest BCUT2D eigenvalue weighted by Gasteiger charge is 2.27. The Kier molecular flexibility index (Phi) is 2.26. The quantitative estimate of drug-likeness (QED) is 0.756. The van der Waals surface area contributed by atoms with Crippen LogP contribution in [0.2, 0.25) is 0 Å². The second kappa shape index (κ2) is 3.70. The normalized spacial score (nSPS) is 17.5. The number of rotatable bonds is 0. The molecule has 0 fully saturated rings. The molecule has 3 rings (SSSR count). The fourth-order valence-electron chi connectivity index (χ4n) is 2.26. The van der Waals surface area contributed by atoms with Crippen molar-refractivity contribution in [3.8, 4) is 0 Å². The van der Waals surface area contributed by atoms with Gasteiger partial charge in [-0.05, 0) is 37.1 Å². The van der Waals surface area contributed by atoms with Crippen LogP contribution in [0.3, 0.4) is 0 Å². The van der Waals surface area contributed by atoms with Gasteiger partial charge in [0.15, 0.2) is 5.84 Å². The monoisotopic (exact) mass is 240 g/mol. The lowest BCUT2D eigenvalue weighted by atomic mass is 10.0. The highest BCUT2D eigenvalue weighted by Crippen LogP contribution is 2.35. The van der Waals surface area contributed by atoms with Crippen molar-refractivity contribution in [2.24, 2.45) is 9.98 Å². The molecule has 4 heteroatoms. The van der Waals surface area contributed by atoms with E-state index in [1.54, 1.807) is 0 Å². The first-order chi connectivity index (χ1) is 8.58. The Morgan fingerprint density at radius 3 is 2.78 bits per heavy atom. The largest absolute Gasteiger partial charge is 0.365 e. The molecule has 0 bridgehead atoms. The molecule has 1 aromatic carbocycles. The predicted molar refractivity (Wildman–Crippen MR) is 76.0 cm³/mol. The van der Waals surface area contributed by atoms with Gasteiger partial charge in [-0.25, -0.2) is 9.98 Å². The SMILES string of the molecule is C=C1NCN=C2C1=Nc1cc(C)c(C)cc1N2C. The number of nitrogens with one attached hydrogen (secondary N) is 1. The van der Waals surface area contributed by atoms with Crippen LogP contribution in [0.4, 0.5) is 11.4 Å². The molecule has 0 unspecified atom stereocenters. The minimum atomic E-state index is 0.567. The van der Waals surface area contributed by atoms with Crippen LogP contribution in [0.5, 0.6) is 0 Å². The number of aliphatic imine (C=N–C) groups is 2. The first-order valence-electron chi connectivity index (χ1n) is 5.99. The average molecular weight is 240 g/mol. The van der Waals surface area contributed by atoms with E-state index < -0.39 is 0 Å². The molecule has 0 atom stereocenters. The van der Waals surface area contributed by atoms with Crippen molar-refractivity contribution < 1.29 is 0 Å². The molecule has 92 valence electrons. The van der Waals surface area contributed by atoms with Gasteiger partial charge in [0.05, 0.1) is 17.1 Å². The van der Waals surface area contributed by atoms with E-state index in [2.05, 4.69) is 52.8 Å². The molecule has 0 amide bonds. The van der Waals surface area contributed by atoms with E-state index in [-0.39, 0.29) is 0 Å². The number of hydrogen-bond acceptors (Lipinski definition) is 4. The number of nitrogens with zero attached hydrogens (tertiary/aromatic N) is 3. The van der Waals surface area contributed by atoms with Gasteiger partial charge >= 0.3 is 0 Å². The maximum absolute atomic E-state index is 4.68. The number of amidine groups is 1. The van der Waals surface area contributed by atoms with Gasteiger partial charge in [0.2, 0.25) is 0 Å². The van der Waals surface area contributed by atoms with Crippen LogP contribution >= 0.6 is 0 Å². The second-order valence-electron chi connectivity index (χ2n) is 4.74. The van der Waals surface area contributed by atoms with Crippen molar-refractivity contribution >= 4 is 22.9 Å². The maximum Gasteiger partial charge on any atom is 0.158 e. The standard InChI is InChI=1S/C14H16N4/c1-8-5-11-12(6-9(8)2)18(4)14-13(17-11)10(3)15-7-16-14/h5-6,15H,3,7H2,1-2,4H3. The maximum atomic E-state index is 4.68. The lowest BCUT2D eigenvalue weighted by molar-refractivity contribution is 0.845. The first kappa shape index (κ1) is 11.0. The average Bonchev–Trinajstić information content (AvgIpc) is 2.34. The van der Waals surface area contributed by atoms with Gasteiger partial charge in [-0.2, -0.15) is 0 Å². The zero-order chi connectivity index (χ0) is 12.9. The topological polar surface area (TPSA) is 40.0 Å². The van der Waals surface area contributed by atoms with Crippen molar-refractivity contribution in [2.75, 3.05) is 18.6 Å². The van der Waals surface area contributed by atoms with E-state index >= 15 is 0 Å². The summed E-state index contributed by atoms with van der Waals surface area (Å²) in [6, 6.07) is 4.28. The van der Waals surface area contributed by atoms with Crippen molar-refractivity contribution in [3.05, 3.63) is 35.5 Å². The summed E-state index contributed by atoms with van der Waals surface area (Å²) < 4.78 is 0. The molecule has 1 aromatic rings. The van der Waals surface area contributed by atoms with Gasteiger partial charge in [0.1, 0.15) is 12.4 Å². The van der Waals surface area contributed by atoms with E-state index in [1.807, 2.05) is 7.05 Å². The Bertz CT molecular complexity index is 610. The third-order valence-electron chi connectivity index (χ3n) is 3.52. The summed E-state index contributed by atoms with van der Waals surface area (Å²) in [6.45, 7) is 8.79. The number of anilines is 1.